The number of halogens is 1. The van der Waals surface area contributed by atoms with Gasteiger partial charge in [-0.1, -0.05) is 25.5 Å². The zero-order valence-electron chi connectivity index (χ0n) is 16.3. The van der Waals surface area contributed by atoms with Gasteiger partial charge in [0, 0.05) is 25.7 Å². The molecule has 0 amide bonds. The molecule has 158 valence electrons. The molecule has 1 aromatic carbocycles. The first-order valence-corrected chi connectivity index (χ1v) is 10.8. The van der Waals surface area contributed by atoms with Crippen LogP contribution in [0.25, 0.3) is 0 Å². The lowest BCUT2D eigenvalue weighted by Crippen LogP contribution is -2.31. The molecule has 0 radical (unpaired) electrons. The normalized spacial score (nSPS) is 20.0. The fraction of sp³-hybridized carbons (Fsp3) is 0.474. The second-order valence-corrected chi connectivity index (χ2v) is 8.85. The quantitative estimate of drug-likeness (QED) is 0.500. The Labute approximate surface area is 169 Å². The molecule has 0 unspecified atom stereocenters. The molecule has 29 heavy (non-hydrogen) atoms. The van der Waals surface area contributed by atoms with E-state index in [0.717, 1.165) is 6.42 Å². The third kappa shape index (κ3) is 4.94. The minimum Gasteiger partial charge on any atom is -0.434 e. The van der Waals surface area contributed by atoms with Gasteiger partial charge in [0.2, 0.25) is 0 Å². The smallest absolute Gasteiger partial charge is 0.434 e. The summed E-state index contributed by atoms with van der Waals surface area (Å²) < 4.78 is 52.5. The van der Waals surface area contributed by atoms with Crippen molar-refractivity contribution in [3.8, 4) is 0 Å². The standard InChI is InChI=1S/C19H24FN3O5S/c1-3-4-9-27-19(24)28-17-11-23(29(25,26)18-12-22(2)13-21-18)10-16(17)14-5-7-15(20)8-6-14/h5-8,12-13,16-17H,3-4,9-11H2,1-2H3/t16-,17+/m0/s1. The first kappa shape index (κ1) is 21.3. The Balaban J connectivity index is 1.81. The average molecular weight is 425 g/mol. The third-order valence-electron chi connectivity index (χ3n) is 4.78. The van der Waals surface area contributed by atoms with Crippen molar-refractivity contribution in [3.05, 3.63) is 48.2 Å². The number of imidazole rings is 1. The van der Waals surface area contributed by atoms with Gasteiger partial charge in [-0.15, -0.1) is 0 Å². The van der Waals surface area contributed by atoms with Crippen LogP contribution in [-0.4, -0.2) is 54.2 Å². The highest BCUT2D eigenvalue weighted by molar-refractivity contribution is 7.89. The van der Waals surface area contributed by atoms with Gasteiger partial charge in [-0.25, -0.2) is 22.6 Å². The van der Waals surface area contributed by atoms with Crippen molar-refractivity contribution in [1.82, 2.24) is 13.9 Å². The Hall–Kier alpha value is -2.46. The summed E-state index contributed by atoms with van der Waals surface area (Å²) in [5.74, 6) is -0.853. The van der Waals surface area contributed by atoms with Crippen LogP contribution in [0, 0.1) is 5.82 Å². The van der Waals surface area contributed by atoms with E-state index in [1.165, 1.54) is 29.0 Å². The van der Waals surface area contributed by atoms with Gasteiger partial charge in [-0.3, -0.25) is 0 Å². The molecule has 3 rings (SSSR count). The number of unbranched alkanes of at least 4 members (excludes halogenated alkanes) is 1. The van der Waals surface area contributed by atoms with Crippen LogP contribution < -0.4 is 0 Å². The summed E-state index contributed by atoms with van der Waals surface area (Å²) in [6.45, 7) is 2.25. The number of hydrogen-bond donors (Lipinski definition) is 0. The minimum absolute atomic E-state index is 0.0379. The van der Waals surface area contributed by atoms with E-state index < -0.39 is 34.0 Å². The van der Waals surface area contributed by atoms with Gasteiger partial charge in [-0.05, 0) is 24.1 Å². The molecule has 0 aliphatic carbocycles. The molecule has 2 atom stereocenters. The molecule has 1 aliphatic heterocycles. The first-order chi connectivity index (χ1) is 13.8. The van der Waals surface area contributed by atoms with Gasteiger partial charge in [0.25, 0.3) is 10.0 Å². The number of carbonyl (C=O) groups is 1. The lowest BCUT2D eigenvalue weighted by atomic mass is 9.96. The van der Waals surface area contributed by atoms with E-state index in [2.05, 4.69) is 4.98 Å². The van der Waals surface area contributed by atoms with E-state index in [0.29, 0.717) is 12.0 Å². The number of carbonyl (C=O) groups excluding carboxylic acids is 1. The second-order valence-electron chi connectivity index (χ2n) is 6.97. The van der Waals surface area contributed by atoms with E-state index >= 15 is 0 Å². The molecule has 2 aromatic rings. The first-order valence-electron chi connectivity index (χ1n) is 9.38. The van der Waals surface area contributed by atoms with Gasteiger partial charge in [0.15, 0.2) is 5.03 Å². The lowest BCUT2D eigenvalue weighted by Gasteiger charge is -2.19. The van der Waals surface area contributed by atoms with Crippen molar-refractivity contribution >= 4 is 16.2 Å². The summed E-state index contributed by atoms with van der Waals surface area (Å²) in [5, 5.41) is -0.0796. The molecule has 0 bridgehead atoms. The third-order valence-corrected chi connectivity index (χ3v) is 6.50. The van der Waals surface area contributed by atoms with Crippen molar-refractivity contribution in [2.45, 2.75) is 36.8 Å². The molecule has 1 fully saturated rings. The second kappa shape index (κ2) is 8.91. The van der Waals surface area contributed by atoms with Gasteiger partial charge < -0.3 is 14.0 Å². The monoisotopic (exact) mass is 425 g/mol. The van der Waals surface area contributed by atoms with Gasteiger partial charge in [0.1, 0.15) is 11.9 Å². The number of aromatic nitrogens is 2. The van der Waals surface area contributed by atoms with Crippen LogP contribution >= 0.6 is 0 Å². The molecule has 2 heterocycles. The summed E-state index contributed by atoms with van der Waals surface area (Å²) in [7, 11) is -2.19. The van der Waals surface area contributed by atoms with E-state index in [-0.39, 0.29) is 24.7 Å². The Bertz CT molecular complexity index is 945. The van der Waals surface area contributed by atoms with Crippen LogP contribution in [0.2, 0.25) is 0 Å². The van der Waals surface area contributed by atoms with E-state index in [1.54, 1.807) is 23.7 Å². The molecule has 10 heteroatoms. The Morgan fingerprint density at radius 3 is 2.62 bits per heavy atom. The van der Waals surface area contributed by atoms with Crippen molar-refractivity contribution in [3.63, 3.8) is 0 Å². The fourth-order valence-electron chi connectivity index (χ4n) is 3.20. The summed E-state index contributed by atoms with van der Waals surface area (Å²) >= 11 is 0. The highest BCUT2D eigenvalue weighted by atomic mass is 32.2. The maximum atomic E-state index is 13.3. The number of rotatable bonds is 7. The maximum absolute atomic E-state index is 13.3. The van der Waals surface area contributed by atoms with Crippen LogP contribution in [0.1, 0.15) is 31.2 Å². The zero-order chi connectivity index (χ0) is 21.0. The van der Waals surface area contributed by atoms with Gasteiger partial charge >= 0.3 is 6.16 Å². The number of benzene rings is 1. The SMILES string of the molecule is CCCCOC(=O)O[C@@H]1CN(S(=O)(=O)c2cn(C)cn2)C[C@H]1c1ccc(F)cc1. The van der Waals surface area contributed by atoms with Crippen LogP contribution in [-0.2, 0) is 26.5 Å². The van der Waals surface area contributed by atoms with Crippen LogP contribution in [0.15, 0.2) is 41.8 Å². The van der Waals surface area contributed by atoms with Crippen LogP contribution in [0.4, 0.5) is 9.18 Å². The molecular formula is C19H24FN3O5S. The molecule has 1 aliphatic rings. The zero-order valence-corrected chi connectivity index (χ0v) is 17.1. The molecule has 0 saturated carbocycles. The lowest BCUT2D eigenvalue weighted by molar-refractivity contribution is 0.0228. The van der Waals surface area contributed by atoms with Crippen LogP contribution in [0.5, 0.6) is 0 Å². The van der Waals surface area contributed by atoms with Crippen molar-refractivity contribution in [2.24, 2.45) is 7.05 Å². The fourth-order valence-corrected chi connectivity index (χ4v) is 4.64. The van der Waals surface area contributed by atoms with Crippen LogP contribution in [0.3, 0.4) is 0 Å². The number of ether oxygens (including phenoxy) is 2. The molecule has 1 saturated heterocycles. The number of aryl methyl sites for hydroxylation is 1. The van der Waals surface area contributed by atoms with E-state index in [1.807, 2.05) is 6.92 Å². The highest BCUT2D eigenvalue weighted by Gasteiger charge is 2.43. The summed E-state index contributed by atoms with van der Waals surface area (Å²) in [5.41, 5.74) is 0.677. The Morgan fingerprint density at radius 2 is 2.00 bits per heavy atom. The van der Waals surface area contributed by atoms with E-state index in [4.69, 9.17) is 9.47 Å². The van der Waals surface area contributed by atoms with Crippen molar-refractivity contribution in [2.75, 3.05) is 19.7 Å². The molecular weight excluding hydrogens is 401 g/mol. The van der Waals surface area contributed by atoms with Gasteiger partial charge in [-0.2, -0.15) is 4.31 Å². The maximum Gasteiger partial charge on any atom is 0.508 e. The van der Waals surface area contributed by atoms with Crippen molar-refractivity contribution in [1.29, 1.82) is 0 Å². The molecule has 1 aromatic heterocycles. The average Bonchev–Trinajstić information content (AvgIpc) is 3.30. The predicted molar refractivity (Wildman–Crippen MR) is 102 cm³/mol. The number of sulfonamides is 1. The molecule has 0 N–H and O–H groups in total. The Morgan fingerprint density at radius 1 is 1.28 bits per heavy atom. The highest BCUT2D eigenvalue weighted by Crippen LogP contribution is 2.33. The predicted octanol–water partition coefficient (Wildman–Crippen LogP) is 2.67. The van der Waals surface area contributed by atoms with Crippen molar-refractivity contribution < 1.29 is 27.1 Å². The largest absolute Gasteiger partial charge is 0.508 e. The van der Waals surface area contributed by atoms with Gasteiger partial charge in [0.05, 0.1) is 19.5 Å². The Kier molecular flexibility index (Phi) is 6.53. The topological polar surface area (TPSA) is 90.7 Å². The molecule has 8 nitrogen and oxygen atoms in total. The molecule has 0 spiro atoms. The minimum atomic E-state index is -3.86. The van der Waals surface area contributed by atoms with E-state index in [9.17, 15) is 17.6 Å². The summed E-state index contributed by atoms with van der Waals surface area (Å²) in [6.07, 6.45) is 2.79. The number of hydrogen-bond acceptors (Lipinski definition) is 6. The summed E-state index contributed by atoms with van der Waals surface area (Å²) in [4.78, 5) is 16.0. The summed E-state index contributed by atoms with van der Waals surface area (Å²) in [6, 6.07) is 5.72. The number of nitrogens with zero attached hydrogens (tertiary/aromatic N) is 3.